The van der Waals surface area contributed by atoms with Crippen molar-refractivity contribution in [1.29, 1.82) is 0 Å². The third kappa shape index (κ3) is 4.44. The lowest BCUT2D eigenvalue weighted by Crippen LogP contribution is -2.34. The Morgan fingerprint density at radius 2 is 1.50 bits per heavy atom. The van der Waals surface area contributed by atoms with Crippen LogP contribution in [-0.4, -0.2) is 24.5 Å². The number of imidazole rings is 1. The summed E-state index contributed by atoms with van der Waals surface area (Å²) in [7, 11) is 0. The number of rotatable bonds is 2. The van der Waals surface area contributed by atoms with E-state index in [9.17, 15) is 14.4 Å². The molecule has 0 fully saturated rings. The van der Waals surface area contributed by atoms with Crippen LogP contribution in [0.4, 0.5) is 0 Å². The molecule has 3 N–H and O–H groups in total. The molecule has 0 saturated heterocycles. The number of nitrogens with zero attached hydrogens (tertiary/aromatic N) is 2. The molecule has 0 bridgehead atoms. The predicted molar refractivity (Wildman–Crippen MR) is 80.8 cm³/mol. The van der Waals surface area contributed by atoms with Gasteiger partial charge in [-0.1, -0.05) is 30.3 Å². The summed E-state index contributed by atoms with van der Waals surface area (Å²) < 4.78 is 2.13. The fourth-order valence-corrected chi connectivity index (χ4v) is 1.75. The van der Waals surface area contributed by atoms with Crippen LogP contribution in [0.1, 0.15) is 11.4 Å². The van der Waals surface area contributed by atoms with Gasteiger partial charge in [-0.25, -0.2) is 19.4 Å². The van der Waals surface area contributed by atoms with Crippen molar-refractivity contribution in [2.75, 3.05) is 0 Å². The molecule has 0 saturated carbocycles. The summed E-state index contributed by atoms with van der Waals surface area (Å²) in [6, 6.07) is 10.4. The number of benzene rings is 1. The first-order valence-corrected chi connectivity index (χ1v) is 6.49. The maximum atomic E-state index is 10.2. The normalized spacial score (nSPS) is 9.86. The molecule has 3 rings (SSSR count). The third-order valence-corrected chi connectivity index (χ3v) is 2.80. The van der Waals surface area contributed by atoms with Crippen LogP contribution in [0.15, 0.2) is 57.1 Å². The topological polar surface area (TPSA) is 116 Å². The monoisotopic (exact) mass is 301 g/mol. The van der Waals surface area contributed by atoms with E-state index in [2.05, 4.69) is 33.8 Å². The first-order valence-electron chi connectivity index (χ1n) is 6.49. The third-order valence-electron chi connectivity index (χ3n) is 2.80. The molecule has 114 valence electrons. The van der Waals surface area contributed by atoms with Gasteiger partial charge in [-0.2, -0.15) is 0 Å². The lowest BCUT2D eigenvalue weighted by Gasteiger charge is -2.03. The van der Waals surface area contributed by atoms with Gasteiger partial charge in [0.1, 0.15) is 5.82 Å². The predicted octanol–water partition coefficient (Wildman–Crippen LogP) is -0.00868. The van der Waals surface area contributed by atoms with Crippen LogP contribution in [0.5, 0.6) is 0 Å². The van der Waals surface area contributed by atoms with E-state index in [-0.39, 0.29) is 0 Å². The van der Waals surface area contributed by atoms with E-state index in [1.54, 1.807) is 15.0 Å². The van der Waals surface area contributed by atoms with Gasteiger partial charge in [-0.15, -0.1) is 0 Å². The average Bonchev–Trinajstić information content (AvgIpc) is 2.84. The zero-order chi connectivity index (χ0) is 15.9. The van der Waals surface area contributed by atoms with Crippen molar-refractivity contribution in [3.05, 3.63) is 85.6 Å². The first kappa shape index (κ1) is 15.2. The number of aromatic amines is 3. The molecule has 22 heavy (non-hydrogen) atoms. The maximum absolute atomic E-state index is 10.2. The molecule has 8 heteroatoms. The van der Waals surface area contributed by atoms with Crippen LogP contribution in [0.2, 0.25) is 0 Å². The van der Waals surface area contributed by atoms with Crippen molar-refractivity contribution >= 4 is 0 Å². The van der Waals surface area contributed by atoms with Crippen molar-refractivity contribution in [3.63, 3.8) is 0 Å². The molecular weight excluding hydrogens is 286 g/mol. The van der Waals surface area contributed by atoms with E-state index < -0.39 is 17.1 Å². The minimum Gasteiger partial charge on any atom is -0.331 e. The number of hydrogen-bond acceptors (Lipinski definition) is 4. The van der Waals surface area contributed by atoms with Crippen LogP contribution >= 0.6 is 0 Å². The molecule has 1 aromatic carbocycles. The van der Waals surface area contributed by atoms with Crippen molar-refractivity contribution in [2.45, 2.75) is 13.5 Å². The molecule has 0 unspecified atom stereocenters. The van der Waals surface area contributed by atoms with Crippen LogP contribution in [0, 0.1) is 6.92 Å². The molecule has 0 radical (unpaired) electrons. The fourth-order valence-electron chi connectivity index (χ4n) is 1.75. The molecule has 8 nitrogen and oxygen atoms in total. The Kier molecular flexibility index (Phi) is 4.86. The van der Waals surface area contributed by atoms with Crippen LogP contribution in [0.3, 0.4) is 0 Å². The van der Waals surface area contributed by atoms with Gasteiger partial charge in [0.25, 0.3) is 0 Å². The fraction of sp³-hybridized carbons (Fsp3) is 0.143. The Labute approximate surface area is 124 Å². The van der Waals surface area contributed by atoms with Crippen molar-refractivity contribution in [2.24, 2.45) is 0 Å². The zero-order valence-corrected chi connectivity index (χ0v) is 11.9. The van der Waals surface area contributed by atoms with Crippen LogP contribution < -0.4 is 17.1 Å². The second-order valence-corrected chi connectivity index (χ2v) is 4.45. The number of aryl methyl sites for hydroxylation is 1. The van der Waals surface area contributed by atoms with Gasteiger partial charge in [0.05, 0.1) is 0 Å². The Morgan fingerprint density at radius 1 is 0.955 bits per heavy atom. The van der Waals surface area contributed by atoms with E-state index in [0.29, 0.717) is 0 Å². The highest BCUT2D eigenvalue weighted by molar-refractivity contribution is 5.15. The maximum Gasteiger partial charge on any atom is 0.330 e. The largest absolute Gasteiger partial charge is 0.331 e. The van der Waals surface area contributed by atoms with E-state index in [1.807, 2.05) is 25.4 Å². The summed E-state index contributed by atoms with van der Waals surface area (Å²) in [6.45, 7) is 2.93. The van der Waals surface area contributed by atoms with E-state index in [4.69, 9.17) is 0 Å². The summed E-state index contributed by atoms with van der Waals surface area (Å²) in [4.78, 5) is 40.1. The Morgan fingerprint density at radius 3 is 1.95 bits per heavy atom. The van der Waals surface area contributed by atoms with E-state index in [1.165, 1.54) is 5.56 Å². The Hall–Kier alpha value is -3.16. The highest BCUT2D eigenvalue weighted by Crippen LogP contribution is 2.03. The van der Waals surface area contributed by atoms with Gasteiger partial charge in [-0.05, 0) is 12.5 Å². The molecule has 2 aromatic heterocycles. The van der Waals surface area contributed by atoms with Crippen molar-refractivity contribution in [3.8, 4) is 0 Å². The van der Waals surface area contributed by atoms with Crippen molar-refractivity contribution < 1.29 is 0 Å². The lowest BCUT2D eigenvalue weighted by molar-refractivity contribution is 0.762. The summed E-state index contributed by atoms with van der Waals surface area (Å²) in [5, 5.41) is 0. The SMILES string of the molecule is Cc1nccn1Cc1ccccc1.O=c1[nH]c(=O)[nH]c(=O)[nH]1. The van der Waals surface area contributed by atoms with Gasteiger partial charge in [-0.3, -0.25) is 15.0 Å². The number of nitrogens with one attached hydrogen (secondary N) is 3. The summed E-state index contributed by atoms with van der Waals surface area (Å²) >= 11 is 0. The van der Waals surface area contributed by atoms with E-state index >= 15 is 0 Å². The smallest absolute Gasteiger partial charge is 0.330 e. The lowest BCUT2D eigenvalue weighted by atomic mass is 10.2. The first-order chi connectivity index (χ1) is 10.5. The molecule has 3 aromatic rings. The average molecular weight is 301 g/mol. The highest BCUT2D eigenvalue weighted by atomic mass is 16.2. The molecule has 0 aliphatic carbocycles. The minimum absolute atomic E-state index is 0.802. The number of H-pyrrole nitrogens is 3. The molecule has 0 amide bonds. The quantitative estimate of drug-likeness (QED) is 0.617. The molecular formula is C14H15N5O3. The van der Waals surface area contributed by atoms with Gasteiger partial charge < -0.3 is 4.57 Å². The molecule has 0 spiro atoms. The Balaban J connectivity index is 0.000000172. The number of hydrogen-bond donors (Lipinski definition) is 3. The molecule has 2 heterocycles. The van der Waals surface area contributed by atoms with Crippen LogP contribution in [0.25, 0.3) is 0 Å². The van der Waals surface area contributed by atoms with Gasteiger partial charge in [0.2, 0.25) is 0 Å². The summed E-state index contributed by atoms with van der Waals surface area (Å²) in [5.41, 5.74) is -1.10. The Bertz CT molecular complexity index is 810. The molecule has 0 atom stereocenters. The molecule has 0 aliphatic heterocycles. The van der Waals surface area contributed by atoms with Gasteiger partial charge in [0, 0.05) is 18.9 Å². The highest BCUT2D eigenvalue weighted by Gasteiger charge is 1.96. The standard InChI is InChI=1S/C11H12N2.C3H3N3O3/c1-10-12-7-8-13(10)9-11-5-3-2-4-6-11;7-1-4-2(8)6-3(9)5-1/h2-8H,9H2,1H3;(H3,4,5,6,7,8,9). The summed E-state index contributed by atoms with van der Waals surface area (Å²) in [5.74, 6) is 1.06. The number of aromatic nitrogens is 5. The zero-order valence-electron chi connectivity index (χ0n) is 11.9. The minimum atomic E-state index is -0.802. The van der Waals surface area contributed by atoms with Gasteiger partial charge >= 0.3 is 17.1 Å². The van der Waals surface area contributed by atoms with E-state index in [0.717, 1.165) is 12.4 Å². The van der Waals surface area contributed by atoms with Crippen molar-refractivity contribution in [1.82, 2.24) is 24.5 Å². The van der Waals surface area contributed by atoms with Crippen LogP contribution in [-0.2, 0) is 6.54 Å². The molecule has 0 aliphatic rings. The second kappa shape index (κ2) is 7.02. The summed E-state index contributed by atoms with van der Waals surface area (Å²) in [6.07, 6.45) is 3.83. The van der Waals surface area contributed by atoms with Gasteiger partial charge in [0.15, 0.2) is 0 Å². The second-order valence-electron chi connectivity index (χ2n) is 4.45.